The Morgan fingerprint density at radius 3 is 2.74 bits per heavy atom. The van der Waals surface area contributed by atoms with Crippen LogP contribution in [0.1, 0.15) is 25.3 Å². The molecule has 1 N–H and O–H groups in total. The van der Waals surface area contributed by atoms with E-state index in [1.165, 1.54) is 18.4 Å². The summed E-state index contributed by atoms with van der Waals surface area (Å²) in [6.45, 7) is 5.31. The second kappa shape index (κ2) is 7.44. The molecule has 5 nitrogen and oxygen atoms in total. The summed E-state index contributed by atoms with van der Waals surface area (Å²) < 4.78 is 0. The van der Waals surface area contributed by atoms with Gasteiger partial charge in [0.05, 0.1) is 0 Å². The largest absolute Gasteiger partial charge is 0.370 e. The van der Waals surface area contributed by atoms with Gasteiger partial charge in [-0.2, -0.15) is 0 Å². The first-order valence-corrected chi connectivity index (χ1v) is 8.48. The Bertz CT molecular complexity index is 626. The number of hydrogen-bond donors (Lipinski definition) is 1. The Morgan fingerprint density at radius 2 is 2.04 bits per heavy atom. The molecule has 1 aliphatic heterocycles. The van der Waals surface area contributed by atoms with E-state index in [1.807, 2.05) is 24.4 Å². The van der Waals surface area contributed by atoms with E-state index in [1.54, 1.807) is 6.33 Å². The van der Waals surface area contributed by atoms with Gasteiger partial charge >= 0.3 is 0 Å². The monoisotopic (exact) mass is 309 g/mol. The van der Waals surface area contributed by atoms with Gasteiger partial charge in [0, 0.05) is 37.0 Å². The molecule has 0 bridgehead atoms. The average molecular weight is 309 g/mol. The van der Waals surface area contributed by atoms with E-state index in [9.17, 15) is 0 Å². The van der Waals surface area contributed by atoms with E-state index in [2.05, 4.69) is 39.9 Å². The van der Waals surface area contributed by atoms with Crippen molar-refractivity contribution in [1.29, 1.82) is 0 Å². The van der Waals surface area contributed by atoms with Gasteiger partial charge in [-0.3, -0.25) is 4.98 Å². The fourth-order valence-corrected chi connectivity index (χ4v) is 3.24. The predicted octanol–water partition coefficient (Wildman–Crippen LogP) is 1.02. The Balaban J connectivity index is 1.55. The SMILES string of the molecule is Bc1ncnc(N2CCC(CNc3ccccn3)CC2)c1CC. The van der Waals surface area contributed by atoms with Gasteiger partial charge in [0.2, 0.25) is 0 Å². The van der Waals surface area contributed by atoms with Gasteiger partial charge in [0.25, 0.3) is 0 Å². The van der Waals surface area contributed by atoms with Crippen LogP contribution in [0.2, 0.25) is 0 Å². The lowest BCUT2D eigenvalue weighted by molar-refractivity contribution is 0.421. The molecule has 3 heterocycles. The zero-order valence-electron chi connectivity index (χ0n) is 14.0. The molecule has 0 spiro atoms. The molecule has 0 amide bonds. The van der Waals surface area contributed by atoms with Crippen LogP contribution in [-0.2, 0) is 6.42 Å². The van der Waals surface area contributed by atoms with Crippen LogP contribution in [0.4, 0.5) is 11.6 Å². The molecular weight excluding hydrogens is 285 g/mol. The lowest BCUT2D eigenvalue weighted by Gasteiger charge is -2.34. The Hall–Kier alpha value is -2.11. The van der Waals surface area contributed by atoms with Crippen LogP contribution >= 0.6 is 0 Å². The van der Waals surface area contributed by atoms with Gasteiger partial charge in [-0.25, -0.2) is 9.97 Å². The minimum atomic E-state index is 0.696. The second-order valence-electron chi connectivity index (χ2n) is 6.14. The summed E-state index contributed by atoms with van der Waals surface area (Å²) in [5.74, 6) is 2.80. The lowest BCUT2D eigenvalue weighted by atomic mass is 9.93. The maximum atomic E-state index is 4.54. The van der Waals surface area contributed by atoms with Crippen LogP contribution < -0.4 is 15.8 Å². The first-order chi connectivity index (χ1) is 11.3. The van der Waals surface area contributed by atoms with Crippen LogP contribution in [-0.4, -0.2) is 42.4 Å². The van der Waals surface area contributed by atoms with Gasteiger partial charge in [0.15, 0.2) is 7.85 Å². The Morgan fingerprint density at radius 1 is 1.22 bits per heavy atom. The first kappa shape index (κ1) is 15.8. The minimum Gasteiger partial charge on any atom is -0.370 e. The van der Waals surface area contributed by atoms with Gasteiger partial charge in [-0.1, -0.05) is 13.0 Å². The van der Waals surface area contributed by atoms with Crippen molar-refractivity contribution in [2.45, 2.75) is 26.2 Å². The highest BCUT2D eigenvalue weighted by Crippen LogP contribution is 2.24. The molecule has 23 heavy (non-hydrogen) atoms. The molecule has 6 heteroatoms. The highest BCUT2D eigenvalue weighted by Gasteiger charge is 2.22. The number of pyridine rings is 1. The molecule has 0 saturated carbocycles. The van der Waals surface area contributed by atoms with Gasteiger partial charge in [0.1, 0.15) is 18.0 Å². The number of nitrogens with zero attached hydrogens (tertiary/aromatic N) is 4. The maximum Gasteiger partial charge on any atom is 0.164 e. The third kappa shape index (κ3) is 3.81. The van der Waals surface area contributed by atoms with Crippen molar-refractivity contribution in [3.8, 4) is 0 Å². The second-order valence-corrected chi connectivity index (χ2v) is 6.14. The fraction of sp³-hybridized carbons (Fsp3) is 0.471. The van der Waals surface area contributed by atoms with E-state index in [-0.39, 0.29) is 0 Å². The predicted molar refractivity (Wildman–Crippen MR) is 97.3 cm³/mol. The molecule has 2 aromatic heterocycles. The van der Waals surface area contributed by atoms with Crippen molar-refractivity contribution >= 4 is 25.1 Å². The van der Waals surface area contributed by atoms with Crippen LogP contribution in [0.3, 0.4) is 0 Å². The first-order valence-electron chi connectivity index (χ1n) is 8.48. The molecule has 0 unspecified atom stereocenters. The maximum absolute atomic E-state index is 4.54. The number of hydrogen-bond acceptors (Lipinski definition) is 5. The Labute approximate surface area is 139 Å². The topological polar surface area (TPSA) is 53.9 Å². The van der Waals surface area contributed by atoms with Crippen molar-refractivity contribution in [3.05, 3.63) is 36.3 Å². The quantitative estimate of drug-likeness (QED) is 0.836. The summed E-state index contributed by atoms with van der Waals surface area (Å²) >= 11 is 0. The molecule has 0 atom stereocenters. The molecule has 0 aliphatic carbocycles. The highest BCUT2D eigenvalue weighted by atomic mass is 15.2. The summed E-state index contributed by atoms with van der Waals surface area (Å²) in [5.41, 5.74) is 2.40. The third-order valence-corrected chi connectivity index (χ3v) is 4.64. The highest BCUT2D eigenvalue weighted by molar-refractivity contribution is 6.32. The zero-order valence-corrected chi connectivity index (χ0v) is 14.0. The van der Waals surface area contributed by atoms with Crippen LogP contribution in [0.5, 0.6) is 0 Å². The van der Waals surface area contributed by atoms with E-state index in [0.29, 0.717) is 5.92 Å². The van der Waals surface area contributed by atoms with Crippen LogP contribution in [0.15, 0.2) is 30.7 Å². The molecule has 120 valence electrons. The smallest absolute Gasteiger partial charge is 0.164 e. The summed E-state index contributed by atoms with van der Waals surface area (Å²) in [6, 6.07) is 5.98. The number of anilines is 2. The summed E-state index contributed by atoms with van der Waals surface area (Å²) in [5, 5.41) is 3.45. The standard InChI is InChI=1S/C17H24BN5/c1-2-14-16(18)21-12-22-17(14)23-9-6-13(7-10-23)11-20-15-5-3-4-8-19-15/h3-5,8,12-13H,2,6-7,9-11,18H2,1H3,(H,19,20). The van der Waals surface area contributed by atoms with Crippen molar-refractivity contribution in [1.82, 2.24) is 15.0 Å². The molecular formula is C17H24BN5. The van der Waals surface area contributed by atoms with E-state index in [0.717, 1.165) is 43.3 Å². The van der Waals surface area contributed by atoms with E-state index < -0.39 is 0 Å². The van der Waals surface area contributed by atoms with E-state index in [4.69, 9.17) is 0 Å². The van der Waals surface area contributed by atoms with Crippen LogP contribution in [0, 0.1) is 5.92 Å². The number of aromatic nitrogens is 3. The molecule has 1 aliphatic rings. The zero-order chi connectivity index (χ0) is 16.1. The Kier molecular flexibility index (Phi) is 5.10. The molecule has 2 aromatic rings. The molecule has 3 rings (SSSR count). The fourth-order valence-electron chi connectivity index (χ4n) is 3.24. The third-order valence-electron chi connectivity index (χ3n) is 4.64. The van der Waals surface area contributed by atoms with Crippen molar-refractivity contribution in [3.63, 3.8) is 0 Å². The lowest BCUT2D eigenvalue weighted by Crippen LogP contribution is -2.38. The minimum absolute atomic E-state index is 0.696. The van der Waals surface area contributed by atoms with E-state index >= 15 is 0 Å². The van der Waals surface area contributed by atoms with Crippen molar-refractivity contribution in [2.75, 3.05) is 29.9 Å². The number of piperidine rings is 1. The van der Waals surface area contributed by atoms with Gasteiger partial charge < -0.3 is 10.2 Å². The molecule has 0 aromatic carbocycles. The summed E-state index contributed by atoms with van der Waals surface area (Å²) in [6.07, 6.45) is 6.88. The normalized spacial score (nSPS) is 15.6. The summed E-state index contributed by atoms with van der Waals surface area (Å²) in [7, 11) is 2.08. The van der Waals surface area contributed by atoms with Gasteiger partial charge in [-0.05, 0) is 37.3 Å². The average Bonchev–Trinajstić information content (AvgIpc) is 2.61. The molecule has 0 radical (unpaired) electrons. The van der Waals surface area contributed by atoms with Crippen LogP contribution in [0.25, 0.3) is 0 Å². The van der Waals surface area contributed by atoms with Gasteiger partial charge in [-0.15, -0.1) is 0 Å². The van der Waals surface area contributed by atoms with Crippen molar-refractivity contribution < 1.29 is 0 Å². The molecule has 1 fully saturated rings. The molecule has 1 saturated heterocycles. The van der Waals surface area contributed by atoms with Crippen molar-refractivity contribution in [2.24, 2.45) is 5.92 Å². The summed E-state index contributed by atoms with van der Waals surface area (Å²) in [4.78, 5) is 15.6. The number of nitrogens with one attached hydrogen (secondary N) is 1. The number of rotatable bonds is 5.